The molecule has 0 saturated carbocycles. The van der Waals surface area contributed by atoms with E-state index >= 15 is 0 Å². The van der Waals surface area contributed by atoms with Crippen LogP contribution in [0, 0.1) is 6.92 Å². The van der Waals surface area contributed by atoms with Gasteiger partial charge >= 0.3 is 0 Å². The molecule has 0 aliphatic carbocycles. The summed E-state index contributed by atoms with van der Waals surface area (Å²) in [6.07, 6.45) is 0.746. The lowest BCUT2D eigenvalue weighted by Gasteiger charge is -2.20. The van der Waals surface area contributed by atoms with Crippen molar-refractivity contribution in [2.75, 3.05) is 25.9 Å². The zero-order valence-electron chi connectivity index (χ0n) is 13.0. The topological polar surface area (TPSA) is 75.4 Å². The molecule has 0 saturated heterocycles. The van der Waals surface area contributed by atoms with Gasteiger partial charge in [-0.25, -0.2) is 13.1 Å². The van der Waals surface area contributed by atoms with E-state index in [0.717, 1.165) is 13.0 Å². The Balaban J connectivity index is 2.68. The Hall–Kier alpha value is -0.820. The number of hydrogen-bond donors (Lipinski definition) is 2. The van der Waals surface area contributed by atoms with Crippen molar-refractivity contribution in [1.82, 2.24) is 9.62 Å². The maximum atomic E-state index is 12.3. The van der Waals surface area contributed by atoms with Crippen LogP contribution >= 0.6 is 11.6 Å². The largest absolute Gasteiger partial charge is 0.397 e. The van der Waals surface area contributed by atoms with Crippen molar-refractivity contribution in [2.45, 2.75) is 38.1 Å². The summed E-state index contributed by atoms with van der Waals surface area (Å²) in [6, 6.07) is 3.41. The summed E-state index contributed by atoms with van der Waals surface area (Å²) in [5, 5.41) is 0.366. The first-order chi connectivity index (χ1) is 9.65. The van der Waals surface area contributed by atoms with Crippen molar-refractivity contribution in [3.8, 4) is 0 Å². The van der Waals surface area contributed by atoms with Gasteiger partial charge in [-0.05, 0) is 58.5 Å². The molecule has 3 N–H and O–H groups in total. The lowest BCUT2D eigenvalue weighted by atomic mass is 10.2. The first-order valence-corrected chi connectivity index (χ1v) is 8.76. The number of sulfonamides is 1. The summed E-state index contributed by atoms with van der Waals surface area (Å²) < 4.78 is 27.1. The van der Waals surface area contributed by atoms with Crippen molar-refractivity contribution >= 4 is 27.3 Å². The fourth-order valence-electron chi connectivity index (χ4n) is 1.83. The van der Waals surface area contributed by atoms with Gasteiger partial charge in [-0.15, -0.1) is 0 Å². The van der Waals surface area contributed by atoms with Crippen LogP contribution in [0.1, 0.15) is 25.8 Å². The third kappa shape index (κ3) is 5.14. The van der Waals surface area contributed by atoms with E-state index < -0.39 is 10.0 Å². The van der Waals surface area contributed by atoms with E-state index in [1.807, 2.05) is 7.05 Å². The molecule has 0 spiro atoms. The van der Waals surface area contributed by atoms with Crippen molar-refractivity contribution in [3.63, 3.8) is 0 Å². The van der Waals surface area contributed by atoms with E-state index in [1.54, 1.807) is 13.0 Å². The fraction of sp³-hybridized carbons (Fsp3) is 0.571. The number of aryl methyl sites for hydroxylation is 1. The monoisotopic (exact) mass is 333 g/mol. The molecule has 0 heterocycles. The zero-order chi connectivity index (χ0) is 16.2. The number of rotatable bonds is 7. The molecule has 0 bridgehead atoms. The molecular weight excluding hydrogens is 310 g/mol. The van der Waals surface area contributed by atoms with Crippen LogP contribution < -0.4 is 10.5 Å². The Bertz CT molecular complexity index is 588. The summed E-state index contributed by atoms with van der Waals surface area (Å²) >= 11 is 5.88. The number of hydrogen-bond acceptors (Lipinski definition) is 4. The number of benzene rings is 1. The second-order valence-corrected chi connectivity index (χ2v) is 7.61. The molecule has 1 aromatic carbocycles. The van der Waals surface area contributed by atoms with E-state index in [2.05, 4.69) is 23.5 Å². The maximum Gasteiger partial charge on any atom is 0.240 e. The smallest absolute Gasteiger partial charge is 0.240 e. The number of anilines is 1. The average molecular weight is 334 g/mol. The van der Waals surface area contributed by atoms with Gasteiger partial charge in [0.25, 0.3) is 0 Å². The molecule has 1 rings (SSSR count). The quantitative estimate of drug-likeness (QED) is 0.592. The minimum absolute atomic E-state index is 0.182. The highest BCUT2D eigenvalue weighted by molar-refractivity contribution is 7.89. The van der Waals surface area contributed by atoms with Crippen LogP contribution in [0.2, 0.25) is 5.02 Å². The van der Waals surface area contributed by atoms with Gasteiger partial charge in [0.1, 0.15) is 0 Å². The number of nitrogen functional groups attached to an aromatic ring is 1. The minimum Gasteiger partial charge on any atom is -0.397 e. The normalized spacial score (nSPS) is 12.3. The van der Waals surface area contributed by atoms with Crippen molar-refractivity contribution in [3.05, 3.63) is 22.7 Å². The maximum absolute atomic E-state index is 12.3. The second-order valence-electron chi connectivity index (χ2n) is 5.46. The SMILES string of the molecule is Cc1cc(Cl)c(N)cc1S(=O)(=O)NCCCN(C)C(C)C. The minimum atomic E-state index is -3.56. The molecule has 0 amide bonds. The van der Waals surface area contributed by atoms with Crippen LogP contribution in [-0.2, 0) is 10.0 Å². The first kappa shape index (κ1) is 18.2. The highest BCUT2D eigenvalue weighted by Gasteiger charge is 2.18. The fourth-order valence-corrected chi connectivity index (χ4v) is 3.38. The summed E-state index contributed by atoms with van der Waals surface area (Å²) in [4.78, 5) is 2.35. The van der Waals surface area contributed by atoms with Gasteiger partial charge in [-0.2, -0.15) is 0 Å². The van der Waals surface area contributed by atoms with Crippen molar-refractivity contribution in [1.29, 1.82) is 0 Å². The molecule has 0 radical (unpaired) electrons. The molecule has 0 unspecified atom stereocenters. The van der Waals surface area contributed by atoms with Gasteiger partial charge in [-0.3, -0.25) is 0 Å². The van der Waals surface area contributed by atoms with E-state index in [9.17, 15) is 8.42 Å². The van der Waals surface area contributed by atoms with Crippen LogP contribution in [0.15, 0.2) is 17.0 Å². The molecule has 0 fully saturated rings. The van der Waals surface area contributed by atoms with Gasteiger partial charge in [0, 0.05) is 12.6 Å². The zero-order valence-corrected chi connectivity index (χ0v) is 14.6. The third-order valence-electron chi connectivity index (χ3n) is 3.45. The first-order valence-electron chi connectivity index (χ1n) is 6.90. The third-order valence-corrected chi connectivity index (χ3v) is 5.38. The predicted octanol–water partition coefficient (Wildman–Crippen LogP) is 2.24. The highest BCUT2D eigenvalue weighted by atomic mass is 35.5. The van der Waals surface area contributed by atoms with Gasteiger partial charge in [-0.1, -0.05) is 11.6 Å². The molecule has 1 aromatic rings. The lowest BCUT2D eigenvalue weighted by Crippen LogP contribution is -2.31. The molecule has 0 aliphatic heterocycles. The summed E-state index contributed by atoms with van der Waals surface area (Å²) in [5.74, 6) is 0. The highest BCUT2D eigenvalue weighted by Crippen LogP contribution is 2.25. The van der Waals surface area contributed by atoms with Gasteiger partial charge in [0.2, 0.25) is 10.0 Å². The van der Waals surface area contributed by atoms with E-state index in [4.69, 9.17) is 17.3 Å². The number of nitrogens with zero attached hydrogens (tertiary/aromatic N) is 1. The predicted molar refractivity (Wildman–Crippen MR) is 88.2 cm³/mol. The van der Waals surface area contributed by atoms with Crippen LogP contribution in [-0.4, -0.2) is 39.5 Å². The van der Waals surface area contributed by atoms with Crippen molar-refractivity contribution in [2.24, 2.45) is 0 Å². The lowest BCUT2D eigenvalue weighted by molar-refractivity contribution is 0.271. The molecule has 0 atom stereocenters. The van der Waals surface area contributed by atoms with Crippen molar-refractivity contribution < 1.29 is 8.42 Å². The van der Waals surface area contributed by atoms with Crippen LogP contribution in [0.3, 0.4) is 0 Å². The Morgan fingerprint density at radius 3 is 2.57 bits per heavy atom. The Morgan fingerprint density at radius 2 is 2.00 bits per heavy atom. The Morgan fingerprint density at radius 1 is 1.38 bits per heavy atom. The number of halogens is 1. The standard InChI is InChI=1S/C14H24ClN3O2S/c1-10(2)18(4)7-5-6-17-21(19,20)14-9-13(16)12(15)8-11(14)3/h8-10,17H,5-7,16H2,1-4H3. The van der Waals surface area contributed by atoms with E-state index in [1.165, 1.54) is 6.07 Å². The molecule has 7 heteroatoms. The Labute approximate surface area is 132 Å². The molecule has 0 aromatic heterocycles. The number of nitrogens with one attached hydrogen (secondary N) is 1. The molecule has 120 valence electrons. The van der Waals surface area contributed by atoms with Crippen LogP contribution in [0.4, 0.5) is 5.69 Å². The molecule has 5 nitrogen and oxygen atoms in total. The van der Waals surface area contributed by atoms with Gasteiger partial charge < -0.3 is 10.6 Å². The average Bonchev–Trinajstić information content (AvgIpc) is 2.38. The Kier molecular flexibility index (Phi) is 6.46. The summed E-state index contributed by atoms with van der Waals surface area (Å²) in [5.41, 5.74) is 6.53. The van der Waals surface area contributed by atoms with Gasteiger partial charge in [0.05, 0.1) is 15.6 Å². The van der Waals surface area contributed by atoms with Crippen LogP contribution in [0.5, 0.6) is 0 Å². The second kappa shape index (κ2) is 7.45. The molecule has 21 heavy (non-hydrogen) atoms. The number of nitrogens with two attached hydrogens (primary N) is 1. The molecule has 0 aliphatic rings. The van der Waals surface area contributed by atoms with E-state index in [0.29, 0.717) is 23.2 Å². The van der Waals surface area contributed by atoms with Crippen LogP contribution in [0.25, 0.3) is 0 Å². The summed E-state index contributed by atoms with van der Waals surface area (Å²) in [7, 11) is -1.54. The van der Waals surface area contributed by atoms with Gasteiger partial charge in [0.15, 0.2) is 0 Å². The van der Waals surface area contributed by atoms with E-state index in [-0.39, 0.29) is 10.6 Å². The molecular formula is C14H24ClN3O2S. The summed E-state index contributed by atoms with van der Waals surface area (Å²) in [6.45, 7) is 7.13.